The summed E-state index contributed by atoms with van der Waals surface area (Å²) in [5.41, 5.74) is 0.619. The zero-order chi connectivity index (χ0) is 13.1. The Bertz CT molecular complexity index is 589. The zero-order valence-corrected chi connectivity index (χ0v) is 11.9. The number of halogens is 3. The van der Waals surface area contributed by atoms with Gasteiger partial charge in [-0.15, -0.1) is 0 Å². The number of benzene rings is 1. The highest BCUT2D eigenvalue weighted by Gasteiger charge is 2.11. The van der Waals surface area contributed by atoms with Crippen molar-refractivity contribution in [2.24, 2.45) is 0 Å². The predicted octanol–water partition coefficient (Wildman–Crippen LogP) is 3.80. The Morgan fingerprint density at radius 3 is 2.67 bits per heavy atom. The molecule has 2 rings (SSSR count). The molecule has 7 heteroatoms. The number of nitrogens with zero attached hydrogens (tertiary/aromatic N) is 2. The molecule has 2 aromatic rings. The molecular formula is C11H6BrCl2N3O. The van der Waals surface area contributed by atoms with Crippen molar-refractivity contribution in [3.05, 3.63) is 50.9 Å². The summed E-state index contributed by atoms with van der Waals surface area (Å²) in [6.07, 6.45) is 2.80. The van der Waals surface area contributed by atoms with E-state index in [4.69, 9.17) is 23.2 Å². The highest BCUT2D eigenvalue weighted by atomic mass is 79.9. The van der Waals surface area contributed by atoms with Gasteiger partial charge in [0.05, 0.1) is 28.1 Å². The van der Waals surface area contributed by atoms with E-state index in [1.54, 1.807) is 18.2 Å². The second kappa shape index (κ2) is 5.65. The van der Waals surface area contributed by atoms with Crippen LogP contribution in [0.1, 0.15) is 10.5 Å². The van der Waals surface area contributed by atoms with Gasteiger partial charge in [0.1, 0.15) is 10.3 Å². The quantitative estimate of drug-likeness (QED) is 0.899. The summed E-state index contributed by atoms with van der Waals surface area (Å²) >= 11 is 14.9. The van der Waals surface area contributed by atoms with Gasteiger partial charge in [-0.2, -0.15) is 0 Å². The Labute approximate surface area is 121 Å². The molecule has 0 unspecified atom stereocenters. The third-order valence-electron chi connectivity index (χ3n) is 2.05. The Balaban J connectivity index is 2.21. The van der Waals surface area contributed by atoms with Crippen LogP contribution in [0.2, 0.25) is 10.0 Å². The van der Waals surface area contributed by atoms with Crippen molar-refractivity contribution in [2.45, 2.75) is 0 Å². The van der Waals surface area contributed by atoms with E-state index in [0.29, 0.717) is 15.3 Å². The van der Waals surface area contributed by atoms with Gasteiger partial charge in [0.15, 0.2) is 0 Å². The van der Waals surface area contributed by atoms with E-state index in [1.807, 2.05) is 0 Å². The molecule has 0 atom stereocenters. The Hall–Kier alpha value is -1.17. The summed E-state index contributed by atoms with van der Waals surface area (Å²) in [6.45, 7) is 0. The van der Waals surface area contributed by atoms with E-state index >= 15 is 0 Å². The smallest absolute Gasteiger partial charge is 0.275 e. The van der Waals surface area contributed by atoms with Crippen LogP contribution in [0.5, 0.6) is 0 Å². The topological polar surface area (TPSA) is 54.9 Å². The monoisotopic (exact) mass is 345 g/mol. The summed E-state index contributed by atoms with van der Waals surface area (Å²) in [5.74, 6) is -0.404. The number of aromatic nitrogens is 2. The van der Waals surface area contributed by atoms with Crippen molar-refractivity contribution in [1.29, 1.82) is 0 Å². The van der Waals surface area contributed by atoms with Crippen molar-refractivity contribution >= 4 is 50.7 Å². The normalized spacial score (nSPS) is 10.2. The second-order valence-electron chi connectivity index (χ2n) is 3.28. The first-order chi connectivity index (χ1) is 8.58. The van der Waals surface area contributed by atoms with Crippen LogP contribution in [0.15, 0.2) is 35.2 Å². The van der Waals surface area contributed by atoms with Crippen LogP contribution in [0.25, 0.3) is 0 Å². The Morgan fingerprint density at radius 2 is 2.00 bits per heavy atom. The molecule has 1 aromatic heterocycles. The lowest BCUT2D eigenvalue weighted by molar-refractivity contribution is 0.102. The number of carbonyl (C=O) groups excluding carboxylic acids is 1. The highest BCUT2D eigenvalue weighted by molar-refractivity contribution is 9.10. The predicted molar refractivity (Wildman–Crippen MR) is 74.1 cm³/mol. The van der Waals surface area contributed by atoms with Gasteiger partial charge < -0.3 is 5.32 Å². The number of amides is 1. The summed E-state index contributed by atoms with van der Waals surface area (Å²) in [7, 11) is 0. The molecular weight excluding hydrogens is 341 g/mol. The molecule has 1 N–H and O–H groups in total. The molecule has 0 radical (unpaired) electrons. The number of hydrogen-bond acceptors (Lipinski definition) is 3. The molecule has 1 aromatic carbocycles. The molecule has 1 heterocycles. The van der Waals surface area contributed by atoms with Gasteiger partial charge in [0.2, 0.25) is 0 Å². The fourth-order valence-electron chi connectivity index (χ4n) is 1.22. The van der Waals surface area contributed by atoms with Gasteiger partial charge in [0.25, 0.3) is 5.91 Å². The summed E-state index contributed by atoms with van der Waals surface area (Å²) in [6, 6.07) is 4.98. The van der Waals surface area contributed by atoms with Crippen LogP contribution in [0.4, 0.5) is 5.69 Å². The standard InChI is InChI=1S/C11H6BrCl2N3O/c12-9-5-15-8(4-16-9)11(18)17-7-3-1-2-6(13)10(7)14/h1-5H,(H,17,18). The summed E-state index contributed by atoms with van der Waals surface area (Å²) in [4.78, 5) is 19.7. The molecule has 18 heavy (non-hydrogen) atoms. The average molecular weight is 347 g/mol. The molecule has 0 fully saturated rings. The maximum absolute atomic E-state index is 11.9. The molecule has 0 saturated heterocycles. The fourth-order valence-corrected chi connectivity index (χ4v) is 1.77. The molecule has 0 aliphatic heterocycles. The highest BCUT2D eigenvalue weighted by Crippen LogP contribution is 2.29. The average Bonchev–Trinajstić information content (AvgIpc) is 2.36. The van der Waals surface area contributed by atoms with E-state index in [1.165, 1.54) is 12.4 Å². The van der Waals surface area contributed by atoms with Crippen LogP contribution >= 0.6 is 39.1 Å². The maximum atomic E-state index is 11.9. The van der Waals surface area contributed by atoms with E-state index < -0.39 is 5.91 Å². The zero-order valence-electron chi connectivity index (χ0n) is 8.82. The van der Waals surface area contributed by atoms with Crippen LogP contribution in [-0.2, 0) is 0 Å². The molecule has 0 aliphatic carbocycles. The van der Waals surface area contributed by atoms with Crippen molar-refractivity contribution in [2.75, 3.05) is 5.32 Å². The van der Waals surface area contributed by atoms with Crippen molar-refractivity contribution in [1.82, 2.24) is 9.97 Å². The molecule has 0 bridgehead atoms. The lowest BCUT2D eigenvalue weighted by atomic mass is 10.3. The molecule has 0 spiro atoms. The lowest BCUT2D eigenvalue weighted by Crippen LogP contribution is -2.14. The van der Waals surface area contributed by atoms with Gasteiger partial charge in [-0.05, 0) is 28.1 Å². The first kappa shape index (κ1) is 13.3. The van der Waals surface area contributed by atoms with Crippen molar-refractivity contribution < 1.29 is 4.79 Å². The Kier molecular flexibility index (Phi) is 4.16. The molecule has 4 nitrogen and oxygen atoms in total. The first-order valence-corrected chi connectivity index (χ1v) is 6.35. The minimum absolute atomic E-state index is 0.189. The number of nitrogens with one attached hydrogen (secondary N) is 1. The fraction of sp³-hybridized carbons (Fsp3) is 0. The van der Waals surface area contributed by atoms with Crippen molar-refractivity contribution in [3.8, 4) is 0 Å². The van der Waals surface area contributed by atoms with E-state index in [9.17, 15) is 4.79 Å². The Morgan fingerprint density at radius 1 is 1.22 bits per heavy atom. The SMILES string of the molecule is O=C(Nc1cccc(Cl)c1Cl)c1cnc(Br)cn1. The summed E-state index contributed by atoms with van der Waals surface area (Å²) in [5, 5.41) is 3.27. The lowest BCUT2D eigenvalue weighted by Gasteiger charge is -2.07. The number of anilines is 1. The van der Waals surface area contributed by atoms with Gasteiger partial charge in [-0.3, -0.25) is 4.79 Å². The minimum Gasteiger partial charge on any atom is -0.319 e. The molecule has 1 amide bonds. The molecule has 92 valence electrons. The largest absolute Gasteiger partial charge is 0.319 e. The van der Waals surface area contributed by atoms with E-state index in [2.05, 4.69) is 31.2 Å². The number of carbonyl (C=O) groups is 1. The van der Waals surface area contributed by atoms with Crippen LogP contribution in [0, 0.1) is 0 Å². The van der Waals surface area contributed by atoms with E-state index in [-0.39, 0.29) is 10.7 Å². The third kappa shape index (κ3) is 2.98. The van der Waals surface area contributed by atoms with Crippen LogP contribution in [0.3, 0.4) is 0 Å². The molecule has 0 aliphatic rings. The van der Waals surface area contributed by atoms with Crippen molar-refractivity contribution in [3.63, 3.8) is 0 Å². The minimum atomic E-state index is -0.404. The number of hydrogen-bond donors (Lipinski definition) is 1. The van der Waals surface area contributed by atoms with Gasteiger partial charge in [-0.1, -0.05) is 29.3 Å². The van der Waals surface area contributed by atoms with Gasteiger partial charge in [0, 0.05) is 0 Å². The van der Waals surface area contributed by atoms with Crippen LogP contribution in [-0.4, -0.2) is 15.9 Å². The number of rotatable bonds is 2. The molecule has 0 saturated carbocycles. The van der Waals surface area contributed by atoms with Gasteiger partial charge in [-0.25, -0.2) is 9.97 Å². The first-order valence-electron chi connectivity index (χ1n) is 4.81. The van der Waals surface area contributed by atoms with Crippen LogP contribution < -0.4 is 5.32 Å². The second-order valence-corrected chi connectivity index (χ2v) is 4.88. The maximum Gasteiger partial charge on any atom is 0.275 e. The van der Waals surface area contributed by atoms with E-state index in [0.717, 1.165) is 0 Å². The van der Waals surface area contributed by atoms with Gasteiger partial charge >= 0.3 is 0 Å². The third-order valence-corrected chi connectivity index (χ3v) is 3.28. The summed E-state index contributed by atoms with van der Waals surface area (Å²) < 4.78 is 0.555.